The lowest BCUT2D eigenvalue weighted by atomic mass is 9.54. The van der Waals surface area contributed by atoms with Gasteiger partial charge in [0, 0.05) is 19.6 Å². The minimum absolute atomic E-state index is 0.113. The molecular formula is C24H48O2. The van der Waals surface area contributed by atoms with Crippen LogP contribution in [0.4, 0.5) is 0 Å². The Morgan fingerprint density at radius 2 is 1.35 bits per heavy atom. The van der Waals surface area contributed by atoms with Crippen LogP contribution in [0.2, 0.25) is 0 Å². The molecule has 1 saturated carbocycles. The second-order valence-electron chi connectivity index (χ2n) is 9.83. The van der Waals surface area contributed by atoms with Gasteiger partial charge in [-0.05, 0) is 23.7 Å². The Morgan fingerprint density at radius 3 is 1.85 bits per heavy atom. The van der Waals surface area contributed by atoms with Crippen molar-refractivity contribution in [3.63, 3.8) is 0 Å². The zero-order valence-corrected chi connectivity index (χ0v) is 18.9. The van der Waals surface area contributed by atoms with E-state index in [1.54, 1.807) is 0 Å². The van der Waals surface area contributed by atoms with Crippen molar-refractivity contribution >= 4 is 0 Å². The Kier molecular flexibility index (Phi) is 11.4. The van der Waals surface area contributed by atoms with Crippen LogP contribution in [-0.2, 0) is 9.47 Å². The average molecular weight is 369 g/mol. The number of methoxy groups -OCH3 is 2. The molecule has 0 N–H and O–H groups in total. The Balaban J connectivity index is 2.93. The third-order valence-corrected chi connectivity index (χ3v) is 7.09. The highest BCUT2D eigenvalue weighted by atomic mass is 16.5. The van der Waals surface area contributed by atoms with E-state index in [4.69, 9.17) is 9.47 Å². The van der Waals surface area contributed by atoms with Crippen LogP contribution in [0.3, 0.4) is 0 Å². The minimum Gasteiger partial charge on any atom is -0.384 e. The lowest BCUT2D eigenvalue weighted by molar-refractivity contribution is -0.122. The van der Waals surface area contributed by atoms with Crippen LogP contribution in [0, 0.1) is 22.7 Å². The number of ether oxygens (including phenoxy) is 2. The third-order valence-electron chi connectivity index (χ3n) is 7.09. The molecule has 1 atom stereocenters. The number of unbranched alkanes of at least 4 members (excludes halogenated alkanes) is 5. The fourth-order valence-corrected chi connectivity index (χ4v) is 5.40. The van der Waals surface area contributed by atoms with Crippen molar-refractivity contribution in [3.8, 4) is 0 Å². The average Bonchev–Trinajstić information content (AvgIpc) is 2.61. The Morgan fingerprint density at radius 1 is 0.808 bits per heavy atom. The van der Waals surface area contributed by atoms with Crippen LogP contribution < -0.4 is 0 Å². The summed E-state index contributed by atoms with van der Waals surface area (Å²) in [5.74, 6) is 1.57. The van der Waals surface area contributed by atoms with Crippen molar-refractivity contribution in [1.82, 2.24) is 0 Å². The molecule has 0 radical (unpaired) electrons. The summed E-state index contributed by atoms with van der Waals surface area (Å²) in [5, 5.41) is 0. The molecule has 1 aliphatic rings. The molecule has 1 unspecified atom stereocenters. The lowest BCUT2D eigenvalue weighted by Crippen LogP contribution is -2.52. The molecule has 0 saturated heterocycles. The number of rotatable bonds is 13. The minimum atomic E-state index is 0.113. The van der Waals surface area contributed by atoms with Crippen molar-refractivity contribution in [1.29, 1.82) is 0 Å². The summed E-state index contributed by atoms with van der Waals surface area (Å²) in [6.07, 6.45) is 16.7. The molecule has 1 fully saturated rings. The summed E-state index contributed by atoms with van der Waals surface area (Å²) >= 11 is 0. The molecule has 1 rings (SSSR count). The first-order valence-electron chi connectivity index (χ1n) is 11.4. The van der Waals surface area contributed by atoms with E-state index in [1.165, 1.54) is 77.0 Å². The van der Waals surface area contributed by atoms with Crippen molar-refractivity contribution in [2.75, 3.05) is 27.4 Å². The van der Waals surface area contributed by atoms with E-state index < -0.39 is 0 Å². The fourth-order valence-electron chi connectivity index (χ4n) is 5.40. The second kappa shape index (κ2) is 12.4. The number of hydrogen-bond donors (Lipinski definition) is 0. The third kappa shape index (κ3) is 6.82. The summed E-state index contributed by atoms with van der Waals surface area (Å²) < 4.78 is 11.7. The zero-order chi connectivity index (χ0) is 19.5. The quantitative estimate of drug-likeness (QED) is 0.318. The van der Waals surface area contributed by atoms with Crippen LogP contribution in [0.15, 0.2) is 0 Å². The molecular weight excluding hydrogens is 320 g/mol. The first-order valence-corrected chi connectivity index (χ1v) is 11.4. The van der Waals surface area contributed by atoms with Crippen molar-refractivity contribution in [2.45, 2.75) is 105 Å². The standard InChI is InChI=1S/C24H48O2/c1-7-8-9-10-11-15-18-22(21-16-13-12-14-17-21)24(19-25-5,20-26-6)23(2,3)4/h21-22H,7-20H2,1-6H3. The topological polar surface area (TPSA) is 18.5 Å². The van der Waals surface area contributed by atoms with Gasteiger partial charge in [-0.3, -0.25) is 0 Å². The van der Waals surface area contributed by atoms with Gasteiger partial charge >= 0.3 is 0 Å². The Labute approximate surface area is 164 Å². The molecule has 0 heterocycles. The van der Waals surface area contributed by atoms with E-state index in [2.05, 4.69) is 27.7 Å². The largest absolute Gasteiger partial charge is 0.384 e. The van der Waals surface area contributed by atoms with Gasteiger partial charge in [-0.2, -0.15) is 0 Å². The van der Waals surface area contributed by atoms with Gasteiger partial charge in [-0.15, -0.1) is 0 Å². The van der Waals surface area contributed by atoms with E-state index in [-0.39, 0.29) is 10.8 Å². The highest BCUT2D eigenvalue weighted by molar-refractivity contribution is 4.98. The molecule has 2 heteroatoms. The van der Waals surface area contributed by atoms with Crippen LogP contribution in [0.5, 0.6) is 0 Å². The van der Waals surface area contributed by atoms with Crippen LogP contribution >= 0.6 is 0 Å². The molecule has 26 heavy (non-hydrogen) atoms. The fraction of sp³-hybridized carbons (Fsp3) is 1.00. The summed E-state index contributed by atoms with van der Waals surface area (Å²) in [6, 6.07) is 0. The maximum absolute atomic E-state index is 5.84. The maximum Gasteiger partial charge on any atom is 0.0548 e. The summed E-state index contributed by atoms with van der Waals surface area (Å²) in [6.45, 7) is 11.2. The predicted molar refractivity (Wildman–Crippen MR) is 114 cm³/mol. The number of hydrogen-bond acceptors (Lipinski definition) is 2. The Bertz CT molecular complexity index is 333. The van der Waals surface area contributed by atoms with E-state index in [9.17, 15) is 0 Å². The van der Waals surface area contributed by atoms with Gasteiger partial charge in [0.2, 0.25) is 0 Å². The van der Waals surface area contributed by atoms with E-state index in [0.717, 1.165) is 19.1 Å². The van der Waals surface area contributed by atoms with Crippen molar-refractivity contribution in [3.05, 3.63) is 0 Å². The first kappa shape index (κ1) is 24.0. The van der Waals surface area contributed by atoms with Gasteiger partial charge in [0.25, 0.3) is 0 Å². The van der Waals surface area contributed by atoms with Crippen LogP contribution in [-0.4, -0.2) is 27.4 Å². The van der Waals surface area contributed by atoms with E-state index >= 15 is 0 Å². The maximum atomic E-state index is 5.84. The monoisotopic (exact) mass is 368 g/mol. The molecule has 0 aromatic heterocycles. The zero-order valence-electron chi connectivity index (χ0n) is 18.9. The molecule has 0 aromatic carbocycles. The van der Waals surface area contributed by atoms with Crippen LogP contribution in [0.25, 0.3) is 0 Å². The van der Waals surface area contributed by atoms with E-state index in [1.807, 2.05) is 14.2 Å². The molecule has 0 spiro atoms. The second-order valence-corrected chi connectivity index (χ2v) is 9.83. The van der Waals surface area contributed by atoms with Gasteiger partial charge in [0.15, 0.2) is 0 Å². The van der Waals surface area contributed by atoms with Gasteiger partial charge in [-0.1, -0.05) is 98.3 Å². The molecule has 1 aliphatic carbocycles. The highest BCUT2D eigenvalue weighted by Gasteiger charge is 2.50. The molecule has 156 valence electrons. The lowest BCUT2D eigenvalue weighted by Gasteiger charge is -2.52. The SMILES string of the molecule is CCCCCCCCC(C1CCCCC1)C(COC)(COC)C(C)(C)C. The Hall–Kier alpha value is -0.0800. The van der Waals surface area contributed by atoms with Gasteiger partial charge in [-0.25, -0.2) is 0 Å². The van der Waals surface area contributed by atoms with E-state index in [0.29, 0.717) is 5.92 Å². The van der Waals surface area contributed by atoms with Gasteiger partial charge < -0.3 is 9.47 Å². The molecule has 0 aliphatic heterocycles. The molecule has 0 aromatic rings. The summed E-state index contributed by atoms with van der Waals surface area (Å²) in [5.41, 5.74) is 0.297. The van der Waals surface area contributed by atoms with Crippen LogP contribution in [0.1, 0.15) is 105 Å². The highest BCUT2D eigenvalue weighted by Crippen LogP contribution is 2.52. The van der Waals surface area contributed by atoms with Gasteiger partial charge in [0.05, 0.1) is 13.2 Å². The molecule has 2 nitrogen and oxygen atoms in total. The smallest absolute Gasteiger partial charge is 0.0548 e. The molecule has 0 bridgehead atoms. The summed E-state index contributed by atoms with van der Waals surface area (Å²) in [7, 11) is 3.75. The summed E-state index contributed by atoms with van der Waals surface area (Å²) in [4.78, 5) is 0. The predicted octanol–water partition coefficient (Wildman–Crippen LogP) is 7.26. The normalized spacial score (nSPS) is 18.2. The first-order chi connectivity index (χ1) is 12.4. The molecule has 0 amide bonds. The van der Waals surface area contributed by atoms with Crippen molar-refractivity contribution < 1.29 is 9.47 Å². The van der Waals surface area contributed by atoms with Crippen molar-refractivity contribution in [2.24, 2.45) is 22.7 Å². The van der Waals surface area contributed by atoms with Gasteiger partial charge in [0.1, 0.15) is 0 Å².